The molecule has 0 aliphatic heterocycles. The van der Waals surface area contributed by atoms with Gasteiger partial charge >= 0.3 is 0 Å². The summed E-state index contributed by atoms with van der Waals surface area (Å²) in [7, 11) is 4.70. The summed E-state index contributed by atoms with van der Waals surface area (Å²) in [6, 6.07) is 3.72. The summed E-state index contributed by atoms with van der Waals surface area (Å²) < 4.78 is 15.9. The Morgan fingerprint density at radius 3 is 1.80 bits per heavy atom. The zero-order valence-corrected chi connectivity index (χ0v) is 17.9. The Bertz CT molecular complexity index is 756. The zero-order valence-electron chi connectivity index (χ0n) is 17.9. The third-order valence-corrected chi connectivity index (χ3v) is 4.79. The summed E-state index contributed by atoms with van der Waals surface area (Å²) in [6.07, 6.45) is 2.74. The predicted molar refractivity (Wildman–Crippen MR) is 114 cm³/mol. The fourth-order valence-corrected chi connectivity index (χ4v) is 2.51. The summed E-state index contributed by atoms with van der Waals surface area (Å²) in [5.41, 5.74) is 12.4. The van der Waals surface area contributed by atoms with E-state index in [1.54, 1.807) is 27.5 Å². The lowest BCUT2D eigenvalue weighted by molar-refractivity contribution is 0.00304. The topological polar surface area (TPSA) is 166 Å². The number of ether oxygens (including phenoxy) is 3. The Labute approximate surface area is 176 Å². The highest BCUT2D eigenvalue weighted by molar-refractivity contribution is 5.55. The highest BCUT2D eigenvalue weighted by Gasteiger charge is 2.24. The summed E-state index contributed by atoms with van der Waals surface area (Å²) in [5.74, 6) is 2.23. The Balaban J connectivity index is 0.000000424. The van der Waals surface area contributed by atoms with Crippen molar-refractivity contribution in [3.8, 4) is 17.2 Å². The maximum atomic E-state index is 8.66. The van der Waals surface area contributed by atoms with E-state index in [9.17, 15) is 0 Å². The van der Waals surface area contributed by atoms with Crippen LogP contribution in [-0.2, 0) is 6.42 Å². The summed E-state index contributed by atoms with van der Waals surface area (Å²) in [5, 5.41) is 26.0. The van der Waals surface area contributed by atoms with Crippen LogP contribution in [0.25, 0.3) is 0 Å². The van der Waals surface area contributed by atoms with Crippen LogP contribution in [0.3, 0.4) is 0 Å². The second-order valence-electron chi connectivity index (χ2n) is 6.68. The maximum absolute atomic E-state index is 8.66. The molecule has 2 aromatic rings. The summed E-state index contributed by atoms with van der Waals surface area (Å²) in [6.45, 7) is 1.35. The van der Waals surface area contributed by atoms with E-state index in [4.69, 9.17) is 41.0 Å². The predicted octanol–water partition coefficient (Wildman–Crippen LogP) is 0.617. The molecule has 0 amide bonds. The molecule has 0 saturated heterocycles. The third-order valence-electron chi connectivity index (χ3n) is 4.79. The molecule has 1 aromatic heterocycles. The van der Waals surface area contributed by atoms with Gasteiger partial charge < -0.3 is 41.0 Å². The van der Waals surface area contributed by atoms with E-state index >= 15 is 0 Å². The highest BCUT2D eigenvalue weighted by Crippen LogP contribution is 2.38. The van der Waals surface area contributed by atoms with E-state index in [0.717, 1.165) is 11.1 Å². The summed E-state index contributed by atoms with van der Waals surface area (Å²) in [4.78, 5) is 7.90. The molecule has 2 rings (SSSR count). The number of methoxy groups -OCH3 is 3. The molecule has 0 radical (unpaired) electrons. The van der Waals surface area contributed by atoms with E-state index in [1.165, 1.54) is 0 Å². The van der Waals surface area contributed by atoms with Gasteiger partial charge in [0, 0.05) is 23.6 Å². The lowest BCUT2D eigenvalue weighted by atomic mass is 9.88. The lowest BCUT2D eigenvalue weighted by Crippen LogP contribution is -2.32. The Kier molecular flexibility index (Phi) is 10.1. The van der Waals surface area contributed by atoms with Gasteiger partial charge in [0.2, 0.25) is 11.7 Å². The molecule has 30 heavy (non-hydrogen) atoms. The fraction of sp³-hybridized carbons (Fsp3) is 0.500. The molecule has 0 spiro atoms. The number of aliphatic hydroxyl groups is 3. The second-order valence-corrected chi connectivity index (χ2v) is 6.68. The maximum Gasteiger partial charge on any atom is 0.221 e. The Morgan fingerprint density at radius 1 is 0.933 bits per heavy atom. The summed E-state index contributed by atoms with van der Waals surface area (Å²) >= 11 is 0. The number of benzene rings is 1. The number of anilines is 2. The van der Waals surface area contributed by atoms with Crippen LogP contribution < -0.4 is 25.7 Å². The van der Waals surface area contributed by atoms with Crippen molar-refractivity contribution in [2.75, 3.05) is 52.6 Å². The molecular weight excluding hydrogens is 392 g/mol. The van der Waals surface area contributed by atoms with Crippen molar-refractivity contribution in [2.24, 2.45) is 5.41 Å². The normalized spacial score (nSPS) is 10.8. The van der Waals surface area contributed by atoms with Crippen molar-refractivity contribution in [1.82, 2.24) is 9.97 Å². The largest absolute Gasteiger partial charge is 0.493 e. The Morgan fingerprint density at radius 2 is 1.47 bits per heavy atom. The van der Waals surface area contributed by atoms with Crippen molar-refractivity contribution >= 4 is 11.8 Å². The number of aromatic nitrogens is 2. The number of hydrogen-bond donors (Lipinski definition) is 5. The van der Waals surface area contributed by atoms with Crippen molar-refractivity contribution in [2.45, 2.75) is 19.8 Å². The first-order valence-electron chi connectivity index (χ1n) is 9.31. The van der Waals surface area contributed by atoms with Crippen LogP contribution in [0.2, 0.25) is 0 Å². The molecule has 1 aromatic carbocycles. The van der Waals surface area contributed by atoms with E-state index in [0.29, 0.717) is 35.9 Å². The molecule has 168 valence electrons. The molecule has 0 saturated carbocycles. The second kappa shape index (κ2) is 12.0. The number of rotatable bonds is 9. The smallest absolute Gasteiger partial charge is 0.221 e. The van der Waals surface area contributed by atoms with Crippen molar-refractivity contribution in [3.63, 3.8) is 0 Å². The van der Waals surface area contributed by atoms with Gasteiger partial charge in [-0.2, -0.15) is 4.98 Å². The quantitative estimate of drug-likeness (QED) is 0.385. The van der Waals surface area contributed by atoms with E-state index in [2.05, 4.69) is 9.97 Å². The minimum Gasteiger partial charge on any atom is -0.493 e. The van der Waals surface area contributed by atoms with Crippen LogP contribution in [0.1, 0.15) is 24.5 Å². The molecule has 7 N–H and O–H groups in total. The molecular formula is C20H32N4O6. The number of nitrogens with zero attached hydrogens (tertiary/aromatic N) is 2. The Hall–Kier alpha value is -2.82. The van der Waals surface area contributed by atoms with Gasteiger partial charge in [0.05, 0.1) is 41.2 Å². The van der Waals surface area contributed by atoms with E-state index in [1.807, 2.05) is 19.1 Å². The van der Waals surface area contributed by atoms with Gasteiger partial charge in [-0.25, -0.2) is 4.98 Å². The van der Waals surface area contributed by atoms with Gasteiger partial charge in [-0.05, 0) is 24.1 Å². The average molecular weight is 424 g/mol. The van der Waals surface area contributed by atoms with E-state index < -0.39 is 5.41 Å². The minimum atomic E-state index is -0.667. The molecule has 0 atom stereocenters. The standard InChI is InChI=1S/C14H18N4O3.C6H14O3/c1-19-10-5-8(6-11(20-2)12(10)21-3)4-9-7-17-14(16)18-13(9)15;1-2-6(3-7,4-8)5-9/h5-7H,4H2,1-3H3,(H4,15,16,17,18);7-9H,2-5H2,1H3. The molecule has 0 aliphatic rings. The van der Waals surface area contributed by atoms with Gasteiger partial charge in [-0.3, -0.25) is 0 Å². The van der Waals surface area contributed by atoms with Gasteiger partial charge in [0.25, 0.3) is 0 Å². The SMILES string of the molecule is CCC(CO)(CO)CO.COc1cc(Cc2cnc(N)nc2N)cc(OC)c1OC. The van der Waals surface area contributed by atoms with Crippen LogP contribution in [0, 0.1) is 5.41 Å². The molecule has 0 unspecified atom stereocenters. The number of nitrogen functional groups attached to an aromatic ring is 2. The van der Waals surface area contributed by atoms with Crippen LogP contribution in [-0.4, -0.2) is 66.4 Å². The first-order valence-corrected chi connectivity index (χ1v) is 9.31. The first-order chi connectivity index (χ1) is 14.3. The highest BCUT2D eigenvalue weighted by atomic mass is 16.5. The number of nitrogens with two attached hydrogens (primary N) is 2. The minimum absolute atomic E-state index is 0.154. The molecule has 0 bridgehead atoms. The zero-order chi connectivity index (χ0) is 22.7. The molecule has 0 aliphatic carbocycles. The van der Waals surface area contributed by atoms with Gasteiger partial charge in [0.15, 0.2) is 11.5 Å². The number of aliphatic hydroxyl groups excluding tert-OH is 3. The van der Waals surface area contributed by atoms with Crippen LogP contribution in [0.5, 0.6) is 17.2 Å². The van der Waals surface area contributed by atoms with Crippen molar-refractivity contribution < 1.29 is 29.5 Å². The fourth-order valence-electron chi connectivity index (χ4n) is 2.51. The van der Waals surface area contributed by atoms with E-state index in [-0.39, 0.29) is 25.8 Å². The van der Waals surface area contributed by atoms with Gasteiger partial charge in [0.1, 0.15) is 5.82 Å². The van der Waals surface area contributed by atoms with Gasteiger partial charge in [-0.1, -0.05) is 6.92 Å². The first kappa shape index (κ1) is 25.2. The van der Waals surface area contributed by atoms with Crippen LogP contribution >= 0.6 is 0 Å². The van der Waals surface area contributed by atoms with Crippen LogP contribution in [0.15, 0.2) is 18.3 Å². The van der Waals surface area contributed by atoms with Crippen LogP contribution in [0.4, 0.5) is 11.8 Å². The van der Waals surface area contributed by atoms with Gasteiger partial charge in [-0.15, -0.1) is 0 Å². The van der Waals surface area contributed by atoms with Crippen molar-refractivity contribution in [1.29, 1.82) is 0 Å². The molecule has 1 heterocycles. The third kappa shape index (κ3) is 6.34. The molecule has 0 fully saturated rings. The average Bonchev–Trinajstić information content (AvgIpc) is 2.77. The molecule has 10 heteroatoms. The lowest BCUT2D eigenvalue weighted by Gasteiger charge is -2.24. The number of hydrogen-bond acceptors (Lipinski definition) is 10. The van der Waals surface area contributed by atoms with Crippen molar-refractivity contribution in [3.05, 3.63) is 29.5 Å². The molecule has 10 nitrogen and oxygen atoms in total. The monoisotopic (exact) mass is 424 g/mol.